The number of carbonyl (C=O) groups excluding carboxylic acids is 2. The van der Waals surface area contributed by atoms with Gasteiger partial charge in [-0.2, -0.15) is 0 Å². The molecule has 2 fully saturated rings. The highest BCUT2D eigenvalue weighted by Crippen LogP contribution is 2.43. The van der Waals surface area contributed by atoms with Crippen molar-refractivity contribution in [2.45, 2.75) is 57.8 Å². The lowest BCUT2D eigenvalue weighted by molar-refractivity contribution is -0.151. The molecule has 5 rings (SSSR count). The smallest absolute Gasteiger partial charge is 0.268 e. The van der Waals surface area contributed by atoms with Crippen LogP contribution in [0.4, 0.5) is 11.5 Å². The van der Waals surface area contributed by atoms with Crippen LogP contribution in [0.1, 0.15) is 56.7 Å². The van der Waals surface area contributed by atoms with E-state index in [1.807, 2.05) is 49.9 Å². The summed E-state index contributed by atoms with van der Waals surface area (Å²) < 4.78 is 1.06. The summed E-state index contributed by atoms with van der Waals surface area (Å²) in [5, 5.41) is 14.1. The number of rotatable bonds is 6. The zero-order chi connectivity index (χ0) is 25.6. The molecule has 1 unspecified atom stereocenters. The molecule has 190 valence electrons. The first-order valence-corrected chi connectivity index (χ1v) is 13.2. The number of carbonyl (C=O) groups is 2. The van der Waals surface area contributed by atoms with E-state index in [-0.39, 0.29) is 23.9 Å². The summed E-state index contributed by atoms with van der Waals surface area (Å²) in [4.78, 5) is 38.5. The van der Waals surface area contributed by atoms with Gasteiger partial charge in [0.25, 0.3) is 5.91 Å². The zero-order valence-corrected chi connectivity index (χ0v) is 21.5. The average molecular weight is 509 g/mol. The number of nitrogens with two attached hydrogens (primary N) is 1. The van der Waals surface area contributed by atoms with Gasteiger partial charge in [-0.25, -0.2) is 9.97 Å². The second-order valence-electron chi connectivity index (χ2n) is 10.1. The van der Waals surface area contributed by atoms with Crippen molar-refractivity contribution in [3.8, 4) is 0 Å². The average Bonchev–Trinajstić information content (AvgIpc) is 3.60. The molecule has 0 radical (unpaired) electrons. The number of hydrogen-bond acceptors (Lipinski definition) is 8. The summed E-state index contributed by atoms with van der Waals surface area (Å²) in [6, 6.07) is 7.28. The monoisotopic (exact) mass is 508 g/mol. The van der Waals surface area contributed by atoms with Gasteiger partial charge in [0.2, 0.25) is 5.91 Å². The SMILES string of the molecule is CC(C)C(=O)N1C[C@H](c2ccc3scnc3c2)N(C(O)C(=O)Nc2cnc(N)c(C3CC3)c2)C[C@H]1C. The lowest BCUT2D eigenvalue weighted by atomic mass is 9.97. The number of piperazine rings is 1. The highest BCUT2D eigenvalue weighted by atomic mass is 32.1. The van der Waals surface area contributed by atoms with Crippen LogP contribution in [0, 0.1) is 5.92 Å². The highest BCUT2D eigenvalue weighted by Gasteiger charge is 2.40. The van der Waals surface area contributed by atoms with Gasteiger partial charge in [-0.3, -0.25) is 14.5 Å². The molecule has 2 aliphatic rings. The molecule has 0 spiro atoms. The third-order valence-corrected chi connectivity index (χ3v) is 7.89. The minimum Gasteiger partial charge on any atom is -0.383 e. The maximum atomic E-state index is 13.2. The van der Waals surface area contributed by atoms with Crippen LogP contribution in [0.25, 0.3) is 10.2 Å². The topological polar surface area (TPSA) is 125 Å². The summed E-state index contributed by atoms with van der Waals surface area (Å²) in [6.45, 7) is 6.43. The van der Waals surface area contributed by atoms with Gasteiger partial charge in [0.15, 0.2) is 6.23 Å². The van der Waals surface area contributed by atoms with Crippen molar-refractivity contribution >= 4 is 44.9 Å². The van der Waals surface area contributed by atoms with E-state index in [0.717, 1.165) is 34.2 Å². The minimum atomic E-state index is -1.41. The number of anilines is 2. The Labute approximate surface area is 214 Å². The number of nitrogens with one attached hydrogen (secondary N) is 1. The fourth-order valence-corrected chi connectivity index (χ4v) is 5.59. The van der Waals surface area contributed by atoms with Gasteiger partial charge in [-0.05, 0) is 55.0 Å². The summed E-state index contributed by atoms with van der Waals surface area (Å²) in [5.41, 5.74) is 11.0. The van der Waals surface area contributed by atoms with Crippen LogP contribution in [0.2, 0.25) is 0 Å². The van der Waals surface area contributed by atoms with Crippen LogP contribution in [-0.4, -0.2) is 62.0 Å². The number of nitrogens with zero attached hydrogens (tertiary/aromatic N) is 4. The third-order valence-electron chi connectivity index (χ3n) is 7.08. The van der Waals surface area contributed by atoms with Gasteiger partial charge < -0.3 is 21.1 Å². The first-order chi connectivity index (χ1) is 17.2. The Hall–Kier alpha value is -3.08. The lowest BCUT2D eigenvalue weighted by Crippen LogP contribution is -2.60. The molecule has 3 heterocycles. The standard InChI is InChI=1S/C26H32N6O3S/c1-14(2)25(34)31-12-21(17-6-7-22-20(8-17)29-13-36-22)32(11-15(31)3)26(35)24(33)30-18-9-19(16-4-5-16)23(27)28-10-18/h6-10,13-16,21,26,35H,4-5,11-12H2,1-3H3,(H2,27,28)(H,30,33)/t15-,21-,26?/m1/s1. The van der Waals surface area contributed by atoms with E-state index in [9.17, 15) is 14.7 Å². The molecular formula is C26H32N6O3S. The molecule has 3 atom stereocenters. The Balaban J connectivity index is 1.42. The van der Waals surface area contributed by atoms with Crippen molar-refractivity contribution in [2.24, 2.45) is 5.92 Å². The van der Waals surface area contributed by atoms with E-state index in [1.54, 1.807) is 21.7 Å². The van der Waals surface area contributed by atoms with Gasteiger partial charge in [0, 0.05) is 25.0 Å². The van der Waals surface area contributed by atoms with E-state index in [4.69, 9.17) is 5.73 Å². The highest BCUT2D eigenvalue weighted by molar-refractivity contribution is 7.16. The van der Waals surface area contributed by atoms with Crippen molar-refractivity contribution in [3.63, 3.8) is 0 Å². The minimum absolute atomic E-state index is 0.0568. The van der Waals surface area contributed by atoms with E-state index >= 15 is 0 Å². The molecule has 36 heavy (non-hydrogen) atoms. The van der Waals surface area contributed by atoms with Crippen molar-refractivity contribution in [1.82, 2.24) is 19.8 Å². The van der Waals surface area contributed by atoms with E-state index in [1.165, 1.54) is 6.20 Å². The number of aromatic nitrogens is 2. The number of fused-ring (bicyclic) bond motifs is 1. The van der Waals surface area contributed by atoms with Crippen LogP contribution >= 0.6 is 11.3 Å². The summed E-state index contributed by atoms with van der Waals surface area (Å²) in [7, 11) is 0. The number of hydrogen-bond donors (Lipinski definition) is 3. The zero-order valence-electron chi connectivity index (χ0n) is 20.7. The first kappa shape index (κ1) is 24.6. The lowest BCUT2D eigenvalue weighted by Gasteiger charge is -2.47. The fourth-order valence-electron chi connectivity index (χ4n) is 4.93. The molecule has 4 N–H and O–H groups in total. The molecule has 1 aromatic carbocycles. The molecule has 3 aromatic rings. The van der Waals surface area contributed by atoms with Crippen LogP contribution < -0.4 is 11.1 Å². The predicted molar refractivity (Wildman–Crippen MR) is 140 cm³/mol. The number of aliphatic hydroxyl groups excluding tert-OH is 1. The van der Waals surface area contributed by atoms with Gasteiger partial charge >= 0.3 is 0 Å². The van der Waals surface area contributed by atoms with Gasteiger partial charge in [0.1, 0.15) is 5.82 Å². The maximum absolute atomic E-state index is 13.2. The van der Waals surface area contributed by atoms with E-state index < -0.39 is 12.1 Å². The Morgan fingerprint density at radius 1 is 1.19 bits per heavy atom. The second kappa shape index (κ2) is 9.76. The van der Waals surface area contributed by atoms with Crippen LogP contribution in [0.3, 0.4) is 0 Å². The molecular weight excluding hydrogens is 476 g/mol. The number of thiazole rings is 1. The molecule has 0 bridgehead atoms. The van der Waals surface area contributed by atoms with Gasteiger partial charge in [-0.1, -0.05) is 19.9 Å². The summed E-state index contributed by atoms with van der Waals surface area (Å²) in [6.07, 6.45) is 2.23. The number of nitrogen functional groups attached to an aromatic ring is 1. The molecule has 1 saturated carbocycles. The molecule has 1 saturated heterocycles. The number of aliphatic hydroxyl groups is 1. The molecule has 10 heteroatoms. The van der Waals surface area contributed by atoms with Gasteiger partial charge in [0.05, 0.1) is 33.7 Å². The van der Waals surface area contributed by atoms with Gasteiger partial charge in [-0.15, -0.1) is 11.3 Å². The largest absolute Gasteiger partial charge is 0.383 e. The Bertz CT molecular complexity index is 1290. The predicted octanol–water partition coefficient (Wildman–Crippen LogP) is 3.34. The Kier molecular flexibility index (Phi) is 6.67. The molecule has 2 aromatic heterocycles. The van der Waals surface area contributed by atoms with E-state index in [2.05, 4.69) is 15.3 Å². The number of amides is 2. The Morgan fingerprint density at radius 2 is 1.97 bits per heavy atom. The third kappa shape index (κ3) is 4.80. The first-order valence-electron chi connectivity index (χ1n) is 12.4. The van der Waals surface area contributed by atoms with Crippen molar-refractivity contribution in [2.75, 3.05) is 24.1 Å². The van der Waals surface area contributed by atoms with Crippen LogP contribution in [0.5, 0.6) is 0 Å². The fraction of sp³-hybridized carbons (Fsp3) is 0.462. The molecule has 2 amide bonds. The summed E-state index contributed by atoms with van der Waals surface area (Å²) in [5.74, 6) is 0.234. The van der Waals surface area contributed by atoms with Crippen molar-refractivity contribution in [3.05, 3.63) is 47.1 Å². The normalized spacial score (nSPS) is 21.6. The number of pyridine rings is 1. The maximum Gasteiger partial charge on any atom is 0.268 e. The number of benzene rings is 1. The Morgan fingerprint density at radius 3 is 2.69 bits per heavy atom. The molecule has 1 aliphatic carbocycles. The van der Waals surface area contributed by atoms with Crippen LogP contribution in [0.15, 0.2) is 36.0 Å². The van der Waals surface area contributed by atoms with Crippen LogP contribution in [-0.2, 0) is 9.59 Å². The second-order valence-corrected chi connectivity index (χ2v) is 11.0. The van der Waals surface area contributed by atoms with Crippen molar-refractivity contribution in [1.29, 1.82) is 0 Å². The quantitative estimate of drug-likeness (QED) is 0.466. The van der Waals surface area contributed by atoms with Crippen molar-refractivity contribution < 1.29 is 14.7 Å². The van der Waals surface area contributed by atoms with E-state index in [0.29, 0.717) is 30.5 Å². The summed E-state index contributed by atoms with van der Waals surface area (Å²) >= 11 is 1.56. The molecule has 1 aliphatic heterocycles. The molecule has 9 nitrogen and oxygen atoms in total.